The second-order valence-corrected chi connectivity index (χ2v) is 8.39. The second-order valence-electron chi connectivity index (χ2n) is 6.27. The molecule has 1 N–H and O–H groups in total. The number of benzene rings is 2. The molecule has 0 spiro atoms. The van der Waals surface area contributed by atoms with Crippen LogP contribution in [0.4, 0.5) is 0 Å². The summed E-state index contributed by atoms with van der Waals surface area (Å²) in [5, 5.41) is 10.7. The standard InChI is InChI=1S/C20H18Br2O4/c1-12(2)9-10-25-15-7-8-16-17(11-15)26-19(20(22,24)18(16)23)13-3-5-14(21)6-4-13/h3-8,11,19,24H,1,9-10H2,2H3. The van der Waals surface area contributed by atoms with Gasteiger partial charge in [-0.15, -0.1) is 6.58 Å². The van der Waals surface area contributed by atoms with Gasteiger partial charge in [0.15, 0.2) is 6.10 Å². The zero-order valence-corrected chi connectivity index (χ0v) is 17.3. The van der Waals surface area contributed by atoms with Crippen LogP contribution >= 0.6 is 31.9 Å². The number of ether oxygens (including phenoxy) is 2. The van der Waals surface area contributed by atoms with Crippen LogP contribution in [0.2, 0.25) is 0 Å². The molecule has 0 bridgehead atoms. The summed E-state index contributed by atoms with van der Waals surface area (Å²) in [6.07, 6.45) is -0.124. The summed E-state index contributed by atoms with van der Waals surface area (Å²) in [5.74, 6) is 0.549. The minimum atomic E-state index is -1.84. The SMILES string of the molecule is C=C(C)CCOc1ccc2c(c1)OC(c1ccc(Br)cc1)C(O)(Br)C2=O. The van der Waals surface area contributed by atoms with Crippen molar-refractivity contribution in [3.05, 3.63) is 70.2 Å². The summed E-state index contributed by atoms with van der Waals surface area (Å²) in [4.78, 5) is 12.8. The molecule has 1 aliphatic rings. The highest BCUT2D eigenvalue weighted by molar-refractivity contribution is 9.10. The summed E-state index contributed by atoms with van der Waals surface area (Å²) in [7, 11) is 0. The molecule has 0 fully saturated rings. The molecular weight excluding hydrogens is 464 g/mol. The fourth-order valence-electron chi connectivity index (χ4n) is 2.66. The fraction of sp³-hybridized carbons (Fsp3) is 0.250. The highest BCUT2D eigenvalue weighted by Gasteiger charge is 2.49. The predicted molar refractivity (Wildman–Crippen MR) is 107 cm³/mol. The topological polar surface area (TPSA) is 55.8 Å². The van der Waals surface area contributed by atoms with Crippen LogP contribution in [0, 0.1) is 0 Å². The fourth-order valence-corrected chi connectivity index (χ4v) is 3.50. The number of hydrogen-bond acceptors (Lipinski definition) is 4. The third-order valence-electron chi connectivity index (χ3n) is 4.08. The molecule has 0 aliphatic carbocycles. The quantitative estimate of drug-likeness (QED) is 0.471. The van der Waals surface area contributed by atoms with Crippen molar-refractivity contribution in [3.63, 3.8) is 0 Å². The van der Waals surface area contributed by atoms with Crippen molar-refractivity contribution in [2.75, 3.05) is 6.61 Å². The Morgan fingerprint density at radius 3 is 2.65 bits per heavy atom. The Hall–Kier alpha value is -1.63. The number of aliphatic hydroxyl groups is 1. The van der Waals surface area contributed by atoms with Gasteiger partial charge in [0.2, 0.25) is 10.3 Å². The molecule has 4 nitrogen and oxygen atoms in total. The van der Waals surface area contributed by atoms with E-state index >= 15 is 0 Å². The van der Waals surface area contributed by atoms with Crippen LogP contribution in [0.1, 0.15) is 35.4 Å². The molecule has 136 valence electrons. The molecular formula is C20H18Br2O4. The van der Waals surface area contributed by atoms with Crippen LogP contribution in [0.5, 0.6) is 11.5 Å². The van der Waals surface area contributed by atoms with Gasteiger partial charge in [0.05, 0.1) is 12.2 Å². The maximum Gasteiger partial charge on any atom is 0.224 e. The molecule has 26 heavy (non-hydrogen) atoms. The predicted octanol–water partition coefficient (Wildman–Crippen LogP) is 5.19. The number of rotatable bonds is 5. The van der Waals surface area contributed by atoms with Crippen LogP contribution in [0.25, 0.3) is 0 Å². The van der Waals surface area contributed by atoms with Crippen molar-refractivity contribution in [2.24, 2.45) is 0 Å². The van der Waals surface area contributed by atoms with Gasteiger partial charge >= 0.3 is 0 Å². The van der Waals surface area contributed by atoms with Gasteiger partial charge in [-0.05, 0) is 52.7 Å². The Bertz CT molecular complexity index is 843. The van der Waals surface area contributed by atoms with E-state index in [1.165, 1.54) is 0 Å². The molecule has 0 aromatic heterocycles. The first-order valence-corrected chi connectivity index (χ1v) is 9.67. The molecule has 2 unspecified atom stereocenters. The number of hydrogen-bond donors (Lipinski definition) is 1. The van der Waals surface area contributed by atoms with Crippen molar-refractivity contribution in [1.82, 2.24) is 0 Å². The lowest BCUT2D eigenvalue weighted by atomic mass is 9.93. The number of halogens is 2. The Kier molecular flexibility index (Phi) is 5.55. The van der Waals surface area contributed by atoms with Gasteiger partial charge in [0.25, 0.3) is 0 Å². The molecule has 2 aromatic rings. The molecule has 6 heteroatoms. The third kappa shape index (κ3) is 3.87. The monoisotopic (exact) mass is 480 g/mol. The molecule has 0 saturated carbocycles. The average molecular weight is 482 g/mol. The number of ketones is 1. The van der Waals surface area contributed by atoms with E-state index in [1.807, 2.05) is 19.1 Å². The first-order valence-electron chi connectivity index (χ1n) is 8.08. The van der Waals surface area contributed by atoms with Crippen LogP contribution in [-0.2, 0) is 0 Å². The highest BCUT2D eigenvalue weighted by Crippen LogP contribution is 2.45. The van der Waals surface area contributed by atoms with Crippen LogP contribution in [0.15, 0.2) is 59.1 Å². The summed E-state index contributed by atoms with van der Waals surface area (Å²) in [6.45, 7) is 6.29. The largest absolute Gasteiger partial charge is 0.493 e. The summed E-state index contributed by atoms with van der Waals surface area (Å²) >= 11 is 6.53. The summed E-state index contributed by atoms with van der Waals surface area (Å²) in [5.41, 5.74) is 2.03. The Morgan fingerprint density at radius 2 is 2.00 bits per heavy atom. The zero-order valence-electron chi connectivity index (χ0n) is 14.2. The van der Waals surface area contributed by atoms with Crippen LogP contribution in [0.3, 0.4) is 0 Å². The van der Waals surface area contributed by atoms with E-state index in [2.05, 4.69) is 38.4 Å². The molecule has 0 radical (unpaired) electrons. The maximum absolute atomic E-state index is 12.8. The molecule has 0 amide bonds. The molecule has 0 saturated heterocycles. The van der Waals surface area contributed by atoms with E-state index in [0.717, 1.165) is 16.5 Å². The normalized spacial score (nSPS) is 21.7. The Morgan fingerprint density at radius 1 is 1.31 bits per heavy atom. The lowest BCUT2D eigenvalue weighted by molar-refractivity contribution is 0.00734. The maximum atomic E-state index is 12.8. The first kappa shape index (κ1) is 19.1. The lowest BCUT2D eigenvalue weighted by Gasteiger charge is -2.35. The minimum absolute atomic E-state index is 0.310. The Labute approximate surface area is 169 Å². The van der Waals surface area contributed by atoms with Gasteiger partial charge in [-0.25, -0.2) is 0 Å². The number of fused-ring (bicyclic) bond motifs is 1. The third-order valence-corrected chi connectivity index (χ3v) is 5.38. The Balaban J connectivity index is 1.90. The molecule has 2 aromatic carbocycles. The van der Waals surface area contributed by atoms with Gasteiger partial charge in [-0.2, -0.15) is 0 Å². The van der Waals surface area contributed by atoms with Crippen LogP contribution in [-0.4, -0.2) is 22.0 Å². The van der Waals surface area contributed by atoms with Gasteiger partial charge in [-0.3, -0.25) is 4.79 Å². The van der Waals surface area contributed by atoms with Gasteiger partial charge in [-0.1, -0.05) is 33.6 Å². The van der Waals surface area contributed by atoms with Gasteiger partial charge in [0.1, 0.15) is 11.5 Å². The number of Topliss-reactive ketones (excluding diaryl/α,β-unsaturated/α-hetero) is 1. The molecule has 2 atom stereocenters. The summed E-state index contributed by atoms with van der Waals surface area (Å²) in [6, 6.07) is 12.2. The van der Waals surface area contributed by atoms with Crippen LogP contribution < -0.4 is 9.47 Å². The van der Waals surface area contributed by atoms with E-state index in [1.54, 1.807) is 30.3 Å². The zero-order chi connectivity index (χ0) is 18.9. The number of carbonyl (C=O) groups is 1. The van der Waals surface area contributed by atoms with E-state index < -0.39 is 16.4 Å². The number of carbonyl (C=O) groups excluding carboxylic acids is 1. The van der Waals surface area contributed by atoms with Gasteiger partial charge < -0.3 is 14.6 Å². The second kappa shape index (κ2) is 7.55. The van der Waals surface area contributed by atoms with E-state index in [-0.39, 0.29) is 0 Å². The van der Waals surface area contributed by atoms with E-state index in [9.17, 15) is 9.90 Å². The first-order chi connectivity index (χ1) is 12.3. The highest BCUT2D eigenvalue weighted by atomic mass is 79.9. The van der Waals surface area contributed by atoms with Gasteiger partial charge in [0, 0.05) is 17.0 Å². The van der Waals surface area contributed by atoms with Crippen molar-refractivity contribution in [3.8, 4) is 11.5 Å². The molecule has 3 rings (SSSR count). The smallest absolute Gasteiger partial charge is 0.224 e. The summed E-state index contributed by atoms with van der Waals surface area (Å²) < 4.78 is 10.7. The van der Waals surface area contributed by atoms with E-state index in [4.69, 9.17) is 9.47 Å². The van der Waals surface area contributed by atoms with Crippen molar-refractivity contribution in [1.29, 1.82) is 0 Å². The van der Waals surface area contributed by atoms with Crippen molar-refractivity contribution >= 4 is 37.6 Å². The number of alkyl halides is 1. The van der Waals surface area contributed by atoms with Crippen molar-refractivity contribution in [2.45, 2.75) is 24.0 Å². The molecule has 1 heterocycles. The van der Waals surface area contributed by atoms with E-state index in [0.29, 0.717) is 29.2 Å². The molecule has 1 aliphatic heterocycles. The van der Waals surface area contributed by atoms with Crippen molar-refractivity contribution < 1.29 is 19.4 Å². The lowest BCUT2D eigenvalue weighted by Crippen LogP contribution is -2.44. The average Bonchev–Trinajstić information content (AvgIpc) is 2.59. The minimum Gasteiger partial charge on any atom is -0.493 e.